The first-order chi connectivity index (χ1) is 17.0. The fraction of sp³-hybridized carbons (Fsp3) is 0.500. The lowest BCUT2D eigenvalue weighted by Gasteiger charge is -2.29. The lowest BCUT2D eigenvalue weighted by Crippen LogP contribution is -2.61. The van der Waals surface area contributed by atoms with Gasteiger partial charge in [0.05, 0.1) is 12.7 Å². The summed E-state index contributed by atoms with van der Waals surface area (Å²) in [4.78, 5) is 53.1. The van der Waals surface area contributed by atoms with Crippen molar-refractivity contribution in [2.45, 2.75) is 63.9 Å². The fourth-order valence-electron chi connectivity index (χ4n) is 3.68. The lowest BCUT2D eigenvalue weighted by atomic mass is 9.96. The van der Waals surface area contributed by atoms with E-state index in [-0.39, 0.29) is 6.42 Å². The Morgan fingerprint density at radius 1 is 1.00 bits per heavy atom. The van der Waals surface area contributed by atoms with Gasteiger partial charge in [0.25, 0.3) is 0 Å². The molecule has 36 heavy (non-hydrogen) atoms. The second-order valence-corrected chi connectivity index (χ2v) is 8.85. The van der Waals surface area contributed by atoms with E-state index in [0.29, 0.717) is 12.0 Å². The van der Waals surface area contributed by atoms with Crippen LogP contribution in [0, 0.1) is 5.92 Å². The normalized spacial score (nSPS) is 16.3. The van der Waals surface area contributed by atoms with Gasteiger partial charge in [-0.3, -0.25) is 14.4 Å². The number of aliphatic carboxylic acids is 1. The Morgan fingerprint density at radius 2 is 1.61 bits per heavy atom. The van der Waals surface area contributed by atoms with Gasteiger partial charge in [-0.05, 0) is 24.5 Å². The highest BCUT2D eigenvalue weighted by Crippen LogP contribution is 2.19. The van der Waals surface area contributed by atoms with Gasteiger partial charge in [-0.15, -0.1) is 0 Å². The number of rotatable bonds is 13. The van der Waals surface area contributed by atoms with Crippen molar-refractivity contribution in [3.05, 3.63) is 36.0 Å². The van der Waals surface area contributed by atoms with E-state index in [1.165, 1.54) is 6.92 Å². The number of carbonyl (C=O) groups is 4. The summed E-state index contributed by atoms with van der Waals surface area (Å²) in [7, 11) is 0. The van der Waals surface area contributed by atoms with Gasteiger partial charge >= 0.3 is 5.97 Å². The maximum Gasteiger partial charge on any atom is 0.326 e. The van der Waals surface area contributed by atoms with Gasteiger partial charge in [-0.1, -0.05) is 38.5 Å². The molecule has 0 saturated carbocycles. The van der Waals surface area contributed by atoms with Crippen LogP contribution in [0.25, 0.3) is 10.9 Å². The van der Waals surface area contributed by atoms with Crippen LogP contribution in [0.15, 0.2) is 30.5 Å². The number of fused-ring (bicyclic) bond motifs is 1. The number of hydrogen-bond donors (Lipinski definition) is 8. The van der Waals surface area contributed by atoms with E-state index in [1.54, 1.807) is 20.0 Å². The first-order valence-corrected chi connectivity index (χ1v) is 11.7. The predicted molar refractivity (Wildman–Crippen MR) is 132 cm³/mol. The summed E-state index contributed by atoms with van der Waals surface area (Å²) in [6.45, 7) is 4.11. The summed E-state index contributed by atoms with van der Waals surface area (Å²) >= 11 is 0. The topological polar surface area (TPSA) is 207 Å². The Kier molecular flexibility index (Phi) is 10.4. The quantitative estimate of drug-likeness (QED) is 0.169. The van der Waals surface area contributed by atoms with Crippen molar-refractivity contribution in [1.29, 1.82) is 0 Å². The lowest BCUT2D eigenvalue weighted by molar-refractivity contribution is -0.142. The third kappa shape index (κ3) is 7.26. The van der Waals surface area contributed by atoms with Gasteiger partial charge in [-0.25, -0.2) is 4.79 Å². The Labute approximate surface area is 208 Å². The van der Waals surface area contributed by atoms with Crippen LogP contribution in [0.3, 0.4) is 0 Å². The molecular formula is C24H35N5O7. The number of aromatic nitrogens is 1. The molecule has 9 N–H and O–H groups in total. The zero-order valence-corrected chi connectivity index (χ0v) is 20.5. The second-order valence-electron chi connectivity index (χ2n) is 8.85. The standard InChI is InChI=1S/C24H35N5O7/c1-4-12(2)19(28-23(34)20(13(3)31)29-21(32)16(25)11-30)22(33)27-18(24(35)36)9-14-10-26-17-8-6-5-7-15(14)17/h5-8,10,12-13,16,18-20,26,30-31H,4,9,11,25H2,1-3H3,(H,27,33)(H,28,34)(H,29,32)(H,35,36). The minimum atomic E-state index is -1.45. The van der Waals surface area contributed by atoms with Crippen LogP contribution < -0.4 is 21.7 Å². The molecule has 198 valence electrons. The fourth-order valence-corrected chi connectivity index (χ4v) is 3.68. The van der Waals surface area contributed by atoms with E-state index in [1.807, 2.05) is 24.3 Å². The van der Waals surface area contributed by atoms with Crippen molar-refractivity contribution in [2.24, 2.45) is 11.7 Å². The molecule has 0 radical (unpaired) electrons. The zero-order valence-electron chi connectivity index (χ0n) is 20.5. The van der Waals surface area contributed by atoms with Crippen LogP contribution in [-0.4, -0.2) is 80.9 Å². The van der Waals surface area contributed by atoms with Crippen LogP contribution in [-0.2, 0) is 25.6 Å². The highest BCUT2D eigenvalue weighted by Gasteiger charge is 2.34. The number of hydrogen-bond acceptors (Lipinski definition) is 7. The third-order valence-corrected chi connectivity index (χ3v) is 6.10. The van der Waals surface area contributed by atoms with Crippen LogP contribution in [0.1, 0.15) is 32.8 Å². The number of aliphatic hydroxyl groups excluding tert-OH is 2. The van der Waals surface area contributed by atoms with Gasteiger partial charge in [-0.2, -0.15) is 0 Å². The van der Waals surface area contributed by atoms with Crippen molar-refractivity contribution in [3.63, 3.8) is 0 Å². The Balaban J connectivity index is 2.19. The molecule has 12 heteroatoms. The summed E-state index contributed by atoms with van der Waals surface area (Å²) in [5.41, 5.74) is 7.00. The molecule has 2 rings (SSSR count). The molecule has 0 aliphatic rings. The van der Waals surface area contributed by atoms with Gasteiger partial charge < -0.3 is 42.0 Å². The van der Waals surface area contributed by atoms with Gasteiger partial charge in [0.15, 0.2) is 0 Å². The second kappa shape index (κ2) is 13.0. The number of aromatic amines is 1. The van der Waals surface area contributed by atoms with Crippen LogP contribution in [0.2, 0.25) is 0 Å². The zero-order chi connectivity index (χ0) is 27.0. The SMILES string of the molecule is CCC(C)C(NC(=O)C(NC(=O)C(N)CO)C(C)O)C(=O)NC(Cc1c[nH]c2ccccc12)C(=O)O. The van der Waals surface area contributed by atoms with Crippen LogP contribution in [0.4, 0.5) is 0 Å². The number of nitrogens with one attached hydrogen (secondary N) is 4. The summed E-state index contributed by atoms with van der Waals surface area (Å²) in [6, 6.07) is 2.21. The average Bonchev–Trinajstić information content (AvgIpc) is 3.26. The smallest absolute Gasteiger partial charge is 0.326 e. The molecule has 0 aliphatic heterocycles. The molecule has 1 aromatic carbocycles. The van der Waals surface area contributed by atoms with Gasteiger partial charge in [0.2, 0.25) is 17.7 Å². The van der Waals surface area contributed by atoms with E-state index in [2.05, 4.69) is 20.9 Å². The Hall–Kier alpha value is -3.48. The molecule has 6 atom stereocenters. The average molecular weight is 506 g/mol. The molecule has 6 unspecified atom stereocenters. The third-order valence-electron chi connectivity index (χ3n) is 6.10. The molecule has 3 amide bonds. The maximum atomic E-state index is 13.2. The molecule has 0 spiro atoms. The minimum absolute atomic E-state index is 0.0116. The molecule has 2 aromatic rings. The van der Waals surface area contributed by atoms with Crippen molar-refractivity contribution in [3.8, 4) is 0 Å². The summed E-state index contributed by atoms with van der Waals surface area (Å²) in [5, 5.41) is 36.9. The molecule has 0 fully saturated rings. The number of aliphatic hydroxyl groups is 2. The number of para-hydroxylation sites is 1. The number of nitrogens with two attached hydrogens (primary N) is 1. The summed E-state index contributed by atoms with van der Waals surface area (Å²) < 4.78 is 0. The van der Waals surface area contributed by atoms with Crippen molar-refractivity contribution >= 4 is 34.6 Å². The minimum Gasteiger partial charge on any atom is -0.480 e. The van der Waals surface area contributed by atoms with Crippen molar-refractivity contribution in [1.82, 2.24) is 20.9 Å². The number of carboxylic acid groups (broad SMARTS) is 1. The molecule has 0 aliphatic carbocycles. The van der Waals surface area contributed by atoms with E-state index in [4.69, 9.17) is 10.8 Å². The number of H-pyrrole nitrogens is 1. The number of benzene rings is 1. The Morgan fingerprint density at radius 3 is 2.19 bits per heavy atom. The largest absolute Gasteiger partial charge is 0.480 e. The molecule has 0 saturated heterocycles. The van der Waals surface area contributed by atoms with Gasteiger partial charge in [0, 0.05) is 23.5 Å². The van der Waals surface area contributed by atoms with Gasteiger partial charge in [0.1, 0.15) is 24.2 Å². The first kappa shape index (κ1) is 28.8. The van der Waals surface area contributed by atoms with E-state index < -0.39 is 66.5 Å². The monoisotopic (exact) mass is 505 g/mol. The van der Waals surface area contributed by atoms with E-state index >= 15 is 0 Å². The summed E-state index contributed by atoms with van der Waals surface area (Å²) in [6.07, 6.45) is 0.833. The highest BCUT2D eigenvalue weighted by atomic mass is 16.4. The van der Waals surface area contributed by atoms with Crippen molar-refractivity contribution < 1.29 is 34.5 Å². The predicted octanol–water partition coefficient (Wildman–Crippen LogP) is -1.00. The molecule has 0 bridgehead atoms. The number of carboxylic acids is 1. The first-order valence-electron chi connectivity index (χ1n) is 11.7. The van der Waals surface area contributed by atoms with E-state index in [0.717, 1.165) is 10.9 Å². The number of carbonyl (C=O) groups excluding carboxylic acids is 3. The number of amides is 3. The summed E-state index contributed by atoms with van der Waals surface area (Å²) in [5.74, 6) is -4.07. The van der Waals surface area contributed by atoms with Crippen LogP contribution >= 0.6 is 0 Å². The Bertz CT molecular complexity index is 1070. The maximum absolute atomic E-state index is 13.2. The molecule has 1 heterocycles. The molecule has 12 nitrogen and oxygen atoms in total. The van der Waals surface area contributed by atoms with Crippen molar-refractivity contribution in [2.75, 3.05) is 6.61 Å². The highest BCUT2D eigenvalue weighted by molar-refractivity contribution is 5.94. The van der Waals surface area contributed by atoms with Crippen LogP contribution in [0.5, 0.6) is 0 Å². The molecular weight excluding hydrogens is 470 g/mol. The van der Waals surface area contributed by atoms with E-state index in [9.17, 15) is 29.4 Å². The molecule has 1 aromatic heterocycles.